The number of hydrogen-bond donors (Lipinski definition) is 2. The van der Waals surface area contributed by atoms with Crippen LogP contribution in [0.4, 0.5) is 5.95 Å². The van der Waals surface area contributed by atoms with E-state index in [2.05, 4.69) is 15.4 Å². The van der Waals surface area contributed by atoms with E-state index in [0.29, 0.717) is 61.5 Å². The fourth-order valence-electron chi connectivity index (χ4n) is 3.82. The smallest absolute Gasteiger partial charge is 0.248 e. The van der Waals surface area contributed by atoms with Gasteiger partial charge in [0.05, 0.1) is 31.9 Å². The number of ether oxygens (including phenoxy) is 3. The Bertz CT molecular complexity index is 1260. The van der Waals surface area contributed by atoms with Crippen LogP contribution in [0.1, 0.15) is 18.5 Å². The van der Waals surface area contributed by atoms with Gasteiger partial charge in [0.2, 0.25) is 17.6 Å². The predicted octanol–water partition coefficient (Wildman–Crippen LogP) is 4.05. The molecule has 2 heterocycles. The van der Waals surface area contributed by atoms with E-state index >= 15 is 0 Å². The minimum Gasteiger partial charge on any atom is -0.493 e. The van der Waals surface area contributed by atoms with Gasteiger partial charge in [-0.25, -0.2) is 4.68 Å². The van der Waals surface area contributed by atoms with E-state index < -0.39 is 11.9 Å². The lowest BCUT2D eigenvalue weighted by Gasteiger charge is -2.28. The van der Waals surface area contributed by atoms with E-state index in [1.807, 2.05) is 0 Å². The zero-order valence-corrected chi connectivity index (χ0v) is 19.8. The quantitative estimate of drug-likeness (QED) is 0.536. The van der Waals surface area contributed by atoms with Gasteiger partial charge in [0.25, 0.3) is 0 Å². The number of anilines is 1. The molecular weight excluding hydrogens is 469 g/mol. The Morgan fingerprint density at radius 3 is 2.30 bits per heavy atom. The first-order chi connectivity index (χ1) is 15.8. The number of methoxy groups -OCH3 is 3. The molecule has 4 rings (SSSR count). The van der Waals surface area contributed by atoms with Crippen molar-refractivity contribution in [2.75, 3.05) is 26.6 Å². The average Bonchev–Trinajstić information content (AvgIpc) is 3.19. The minimum atomic E-state index is -0.709. The summed E-state index contributed by atoms with van der Waals surface area (Å²) in [6.07, 6.45) is 0. The van der Waals surface area contributed by atoms with Gasteiger partial charge in [-0.1, -0.05) is 23.2 Å². The highest BCUT2D eigenvalue weighted by Gasteiger charge is 2.35. The third-order valence-electron chi connectivity index (χ3n) is 5.29. The van der Waals surface area contributed by atoms with Gasteiger partial charge in [-0.3, -0.25) is 4.79 Å². The third kappa shape index (κ3) is 3.94. The molecule has 33 heavy (non-hydrogen) atoms. The summed E-state index contributed by atoms with van der Waals surface area (Å²) in [6.45, 7) is 1.75. The first-order valence-electron chi connectivity index (χ1n) is 9.78. The molecule has 0 spiro atoms. The molecule has 0 bridgehead atoms. The van der Waals surface area contributed by atoms with Crippen LogP contribution < -0.4 is 25.3 Å². The second-order valence-electron chi connectivity index (χ2n) is 7.22. The summed E-state index contributed by atoms with van der Waals surface area (Å²) < 4.78 is 18.0. The summed E-state index contributed by atoms with van der Waals surface area (Å²) in [4.78, 5) is 17.1. The average molecular weight is 490 g/mol. The number of allylic oxidation sites excluding steroid dienone is 1. The summed E-state index contributed by atoms with van der Waals surface area (Å²) in [5, 5.41) is 8.65. The van der Waals surface area contributed by atoms with Crippen molar-refractivity contribution in [1.82, 2.24) is 14.8 Å². The van der Waals surface area contributed by atoms with Crippen molar-refractivity contribution in [2.24, 2.45) is 5.73 Å². The van der Waals surface area contributed by atoms with E-state index in [9.17, 15) is 4.79 Å². The van der Waals surface area contributed by atoms with E-state index in [-0.39, 0.29) is 0 Å². The molecule has 3 aromatic rings. The second-order valence-corrected chi connectivity index (χ2v) is 8.06. The summed E-state index contributed by atoms with van der Waals surface area (Å²) in [7, 11) is 4.55. The number of nitrogens with zero attached hydrogens (tertiary/aromatic N) is 3. The lowest BCUT2D eigenvalue weighted by Crippen LogP contribution is -2.31. The number of amides is 1. The molecule has 1 amide bonds. The molecule has 1 unspecified atom stereocenters. The molecule has 1 atom stereocenters. The number of rotatable bonds is 6. The Labute approximate surface area is 200 Å². The lowest BCUT2D eigenvalue weighted by atomic mass is 9.94. The first kappa shape index (κ1) is 22.8. The normalized spacial score (nSPS) is 15.0. The molecule has 0 fully saturated rings. The number of nitrogens with two attached hydrogens (primary N) is 1. The molecular formula is C22H21Cl2N5O4. The molecule has 2 aromatic carbocycles. The fourth-order valence-corrected chi connectivity index (χ4v) is 4.32. The van der Waals surface area contributed by atoms with Crippen LogP contribution in [0.15, 0.2) is 41.6 Å². The van der Waals surface area contributed by atoms with E-state index in [1.165, 1.54) is 21.3 Å². The Balaban J connectivity index is 1.94. The number of nitrogens with one attached hydrogen (secondary N) is 1. The number of halogens is 2. The molecule has 172 valence electrons. The summed E-state index contributed by atoms with van der Waals surface area (Å²) in [5.74, 6) is 1.44. The van der Waals surface area contributed by atoms with Gasteiger partial charge in [-0.2, -0.15) is 4.98 Å². The SMILES string of the molecule is COc1cc(C2C(C(N)=O)=C(C)Nc3nc(-c4ccc(Cl)cc4Cl)nn32)cc(OC)c1OC. The maximum atomic E-state index is 12.5. The second kappa shape index (κ2) is 8.84. The largest absolute Gasteiger partial charge is 0.493 e. The predicted molar refractivity (Wildman–Crippen MR) is 125 cm³/mol. The maximum absolute atomic E-state index is 12.5. The zero-order valence-electron chi connectivity index (χ0n) is 18.3. The van der Waals surface area contributed by atoms with Crippen molar-refractivity contribution in [2.45, 2.75) is 13.0 Å². The van der Waals surface area contributed by atoms with Crippen molar-refractivity contribution in [3.8, 4) is 28.6 Å². The number of benzene rings is 2. The topological polar surface area (TPSA) is 114 Å². The van der Waals surface area contributed by atoms with Crippen LogP contribution in [-0.2, 0) is 4.79 Å². The molecule has 0 aliphatic carbocycles. The Morgan fingerprint density at radius 1 is 1.09 bits per heavy atom. The fraction of sp³-hybridized carbons (Fsp3) is 0.227. The van der Waals surface area contributed by atoms with Gasteiger partial charge in [-0.05, 0) is 42.8 Å². The molecule has 1 aliphatic rings. The molecule has 11 heteroatoms. The lowest BCUT2D eigenvalue weighted by molar-refractivity contribution is -0.115. The monoisotopic (exact) mass is 489 g/mol. The molecule has 0 saturated heterocycles. The van der Waals surface area contributed by atoms with Crippen LogP contribution >= 0.6 is 23.2 Å². The van der Waals surface area contributed by atoms with Crippen molar-refractivity contribution < 1.29 is 19.0 Å². The Morgan fingerprint density at radius 2 is 1.76 bits per heavy atom. The maximum Gasteiger partial charge on any atom is 0.248 e. The Kier molecular flexibility index (Phi) is 6.09. The first-order valence-corrected chi connectivity index (χ1v) is 10.5. The molecule has 3 N–H and O–H groups in total. The van der Waals surface area contributed by atoms with E-state index in [4.69, 9.17) is 43.1 Å². The highest BCUT2D eigenvalue weighted by Crippen LogP contribution is 2.44. The van der Waals surface area contributed by atoms with Gasteiger partial charge in [0.1, 0.15) is 6.04 Å². The van der Waals surface area contributed by atoms with Crippen LogP contribution in [0.3, 0.4) is 0 Å². The standard InChI is InChI=1S/C22H21Cl2N5O4/c1-10-17(20(25)30)18(11-7-15(31-2)19(33-4)16(8-11)32-3)29-22(26-10)27-21(28-29)13-6-5-12(23)9-14(13)24/h5-9,18H,1-4H3,(H2,25,30)(H,26,27,28). The van der Waals surface area contributed by atoms with Crippen molar-refractivity contribution in [1.29, 1.82) is 0 Å². The number of carbonyl (C=O) groups excluding carboxylic acids is 1. The molecule has 1 aliphatic heterocycles. The van der Waals surface area contributed by atoms with Gasteiger partial charge >= 0.3 is 0 Å². The minimum absolute atomic E-state index is 0.315. The third-order valence-corrected chi connectivity index (χ3v) is 5.84. The van der Waals surface area contributed by atoms with Gasteiger partial charge < -0.3 is 25.3 Å². The highest BCUT2D eigenvalue weighted by atomic mass is 35.5. The molecule has 9 nitrogen and oxygen atoms in total. The van der Waals surface area contributed by atoms with Crippen LogP contribution in [0.25, 0.3) is 11.4 Å². The van der Waals surface area contributed by atoms with Gasteiger partial charge in [-0.15, -0.1) is 5.10 Å². The van der Waals surface area contributed by atoms with E-state index in [0.717, 1.165) is 0 Å². The molecule has 0 saturated carbocycles. The van der Waals surface area contributed by atoms with Crippen LogP contribution in [0, 0.1) is 0 Å². The van der Waals surface area contributed by atoms with Crippen LogP contribution in [0.2, 0.25) is 10.0 Å². The van der Waals surface area contributed by atoms with Crippen molar-refractivity contribution in [3.63, 3.8) is 0 Å². The highest BCUT2D eigenvalue weighted by molar-refractivity contribution is 6.36. The number of aromatic nitrogens is 3. The Hall–Kier alpha value is -3.43. The molecule has 1 aromatic heterocycles. The summed E-state index contributed by atoms with van der Waals surface area (Å²) in [6, 6.07) is 7.82. The van der Waals surface area contributed by atoms with Gasteiger partial charge in [0.15, 0.2) is 17.3 Å². The van der Waals surface area contributed by atoms with Crippen LogP contribution in [-0.4, -0.2) is 42.0 Å². The van der Waals surface area contributed by atoms with Crippen molar-refractivity contribution >= 4 is 35.1 Å². The number of fused-ring (bicyclic) bond motifs is 1. The molecule has 0 radical (unpaired) electrons. The zero-order chi connectivity index (χ0) is 23.9. The van der Waals surface area contributed by atoms with E-state index in [1.54, 1.807) is 41.9 Å². The number of carbonyl (C=O) groups is 1. The van der Waals surface area contributed by atoms with Crippen LogP contribution in [0.5, 0.6) is 17.2 Å². The van der Waals surface area contributed by atoms with Crippen molar-refractivity contribution in [3.05, 3.63) is 57.2 Å². The summed E-state index contributed by atoms with van der Waals surface area (Å²) >= 11 is 12.4. The summed E-state index contributed by atoms with van der Waals surface area (Å²) in [5.41, 5.74) is 7.87. The number of primary amides is 1. The van der Waals surface area contributed by atoms with Gasteiger partial charge in [0, 0.05) is 16.3 Å². The number of hydrogen-bond acceptors (Lipinski definition) is 7.